The molecule has 1 N–H and O–H groups in total. The predicted molar refractivity (Wildman–Crippen MR) is 76.7 cm³/mol. The van der Waals surface area contributed by atoms with Gasteiger partial charge in [0, 0.05) is 17.6 Å². The first kappa shape index (κ1) is 13.9. The highest BCUT2D eigenvalue weighted by Crippen LogP contribution is 2.30. The summed E-state index contributed by atoms with van der Waals surface area (Å²) in [6, 6.07) is 1.88. The molecule has 0 unspecified atom stereocenters. The van der Waals surface area contributed by atoms with Crippen molar-refractivity contribution in [1.82, 2.24) is 9.71 Å². The Kier molecular flexibility index (Phi) is 4.02. The predicted octanol–water partition coefficient (Wildman–Crippen LogP) is 3.24. The minimum atomic E-state index is -1.10. The van der Waals surface area contributed by atoms with E-state index in [1.54, 1.807) is 6.20 Å². The lowest BCUT2D eigenvalue weighted by molar-refractivity contribution is 0.523. The van der Waals surface area contributed by atoms with Gasteiger partial charge in [0.2, 0.25) is 0 Å². The molecule has 0 fully saturated rings. The molecule has 0 bridgehead atoms. The van der Waals surface area contributed by atoms with Gasteiger partial charge in [-0.1, -0.05) is 23.8 Å². The van der Waals surface area contributed by atoms with Gasteiger partial charge in [-0.25, -0.2) is 4.98 Å². The van der Waals surface area contributed by atoms with Gasteiger partial charge >= 0.3 is 0 Å². The van der Waals surface area contributed by atoms with Crippen molar-refractivity contribution in [1.29, 1.82) is 0 Å². The molecule has 0 amide bonds. The second-order valence-corrected chi connectivity index (χ2v) is 7.71. The number of halogens is 1. The summed E-state index contributed by atoms with van der Waals surface area (Å²) in [6.45, 7) is 5.86. The molecule has 18 heavy (non-hydrogen) atoms. The van der Waals surface area contributed by atoms with E-state index >= 15 is 0 Å². The van der Waals surface area contributed by atoms with Crippen LogP contribution in [0.15, 0.2) is 18.3 Å². The molecule has 1 heterocycles. The molecule has 5 heteroatoms. The zero-order valence-corrected chi connectivity index (χ0v) is 12.3. The van der Waals surface area contributed by atoms with E-state index in [4.69, 9.17) is 11.6 Å². The molecule has 2 rings (SSSR count). The van der Waals surface area contributed by atoms with Crippen LogP contribution in [-0.4, -0.2) is 14.3 Å². The molecular formula is C13H17ClN2OS. The second kappa shape index (κ2) is 5.21. The lowest BCUT2D eigenvalue weighted by atomic mass is 9.95. The minimum Gasteiger partial charge on any atom is -0.598 e. The van der Waals surface area contributed by atoms with E-state index in [9.17, 15) is 4.55 Å². The molecule has 2 atom stereocenters. The summed E-state index contributed by atoms with van der Waals surface area (Å²) in [4.78, 5) is 4.07. The van der Waals surface area contributed by atoms with E-state index < -0.39 is 11.4 Å². The van der Waals surface area contributed by atoms with Gasteiger partial charge in [0.1, 0.15) is 9.90 Å². The van der Waals surface area contributed by atoms with Gasteiger partial charge in [-0.05, 0) is 44.4 Å². The van der Waals surface area contributed by atoms with Gasteiger partial charge in [0.15, 0.2) is 0 Å². The van der Waals surface area contributed by atoms with Crippen molar-refractivity contribution >= 4 is 29.0 Å². The standard InChI is InChI=1S/C13H17ClN2OS/c1-13(2,3)18(17)16-11-6-4-5-9-8-15-12(14)7-10(9)11/h4-5,7-8,11,16H,6H2,1-3H3/t11-,18-/m0/s1. The smallest absolute Gasteiger partial charge is 0.136 e. The summed E-state index contributed by atoms with van der Waals surface area (Å²) in [5.41, 5.74) is 2.10. The van der Waals surface area contributed by atoms with Crippen molar-refractivity contribution < 1.29 is 4.55 Å². The Morgan fingerprint density at radius 1 is 1.50 bits per heavy atom. The van der Waals surface area contributed by atoms with Gasteiger partial charge in [0.05, 0.1) is 6.04 Å². The highest BCUT2D eigenvalue weighted by Gasteiger charge is 2.30. The van der Waals surface area contributed by atoms with Crippen molar-refractivity contribution in [3.8, 4) is 0 Å². The van der Waals surface area contributed by atoms with Crippen LogP contribution in [0.25, 0.3) is 6.08 Å². The lowest BCUT2D eigenvalue weighted by Gasteiger charge is -2.29. The van der Waals surface area contributed by atoms with Crippen LogP contribution in [0.3, 0.4) is 0 Å². The van der Waals surface area contributed by atoms with Crippen LogP contribution in [0.4, 0.5) is 0 Å². The molecule has 0 saturated heterocycles. The number of nitrogens with one attached hydrogen (secondary N) is 1. The number of pyridine rings is 1. The van der Waals surface area contributed by atoms with Crippen molar-refractivity contribution in [3.05, 3.63) is 34.6 Å². The van der Waals surface area contributed by atoms with E-state index in [0.29, 0.717) is 5.15 Å². The van der Waals surface area contributed by atoms with Crippen LogP contribution in [0.5, 0.6) is 0 Å². The first-order chi connectivity index (χ1) is 8.38. The Labute approximate surface area is 116 Å². The van der Waals surface area contributed by atoms with Crippen molar-refractivity contribution in [3.63, 3.8) is 0 Å². The van der Waals surface area contributed by atoms with Gasteiger partial charge in [-0.15, -0.1) is 4.72 Å². The largest absolute Gasteiger partial charge is 0.598 e. The fraction of sp³-hybridized carbons (Fsp3) is 0.462. The van der Waals surface area contributed by atoms with E-state index in [1.165, 1.54) is 0 Å². The quantitative estimate of drug-likeness (QED) is 0.670. The number of rotatable bonds is 2. The molecular weight excluding hydrogens is 268 g/mol. The maximum atomic E-state index is 12.2. The average molecular weight is 285 g/mol. The first-order valence-corrected chi connectivity index (χ1v) is 7.41. The lowest BCUT2D eigenvalue weighted by Crippen LogP contribution is -2.41. The zero-order chi connectivity index (χ0) is 13.3. The van der Waals surface area contributed by atoms with Gasteiger partial charge in [0.25, 0.3) is 0 Å². The third-order valence-corrected chi connectivity index (χ3v) is 4.60. The molecule has 1 aromatic heterocycles. The minimum absolute atomic E-state index is 0.0329. The van der Waals surface area contributed by atoms with Gasteiger partial charge in [-0.3, -0.25) is 0 Å². The number of nitrogens with zero attached hydrogens (tertiary/aromatic N) is 1. The van der Waals surface area contributed by atoms with E-state index in [-0.39, 0.29) is 10.8 Å². The molecule has 0 radical (unpaired) electrons. The Balaban J connectivity index is 2.22. The third kappa shape index (κ3) is 3.06. The Bertz CT molecular complexity index is 471. The maximum absolute atomic E-state index is 12.2. The molecule has 0 saturated carbocycles. The monoisotopic (exact) mass is 284 g/mol. The average Bonchev–Trinajstić information content (AvgIpc) is 2.28. The molecule has 3 nitrogen and oxygen atoms in total. The number of fused-ring (bicyclic) bond motifs is 1. The van der Waals surface area contributed by atoms with Crippen LogP contribution in [-0.2, 0) is 11.4 Å². The summed E-state index contributed by atoms with van der Waals surface area (Å²) in [7, 11) is 0. The van der Waals surface area contributed by atoms with Gasteiger partial charge in [-0.2, -0.15) is 0 Å². The molecule has 0 aromatic carbocycles. The highest BCUT2D eigenvalue weighted by molar-refractivity contribution is 7.90. The zero-order valence-electron chi connectivity index (χ0n) is 10.7. The molecule has 1 aliphatic carbocycles. The van der Waals surface area contributed by atoms with Crippen LogP contribution < -0.4 is 4.72 Å². The Hall–Kier alpha value is -0.550. The Morgan fingerprint density at radius 3 is 2.89 bits per heavy atom. The first-order valence-electron chi connectivity index (χ1n) is 5.88. The highest BCUT2D eigenvalue weighted by atomic mass is 35.5. The third-order valence-electron chi connectivity index (χ3n) is 2.78. The van der Waals surface area contributed by atoms with E-state index in [2.05, 4.69) is 15.8 Å². The van der Waals surface area contributed by atoms with Crippen molar-refractivity contribution in [2.24, 2.45) is 0 Å². The maximum Gasteiger partial charge on any atom is 0.136 e. The van der Waals surface area contributed by atoms with Crippen molar-refractivity contribution in [2.75, 3.05) is 0 Å². The second-order valence-electron chi connectivity index (χ2n) is 5.33. The van der Waals surface area contributed by atoms with Crippen LogP contribution in [0.2, 0.25) is 5.15 Å². The summed E-state index contributed by atoms with van der Waals surface area (Å²) in [5.74, 6) is 0. The Morgan fingerprint density at radius 2 is 2.22 bits per heavy atom. The fourth-order valence-electron chi connectivity index (χ4n) is 1.77. The molecule has 1 aromatic rings. The van der Waals surface area contributed by atoms with E-state index in [0.717, 1.165) is 17.5 Å². The molecule has 1 aliphatic rings. The number of aromatic nitrogens is 1. The topological polar surface area (TPSA) is 48.0 Å². The molecule has 98 valence electrons. The molecule has 0 aliphatic heterocycles. The summed E-state index contributed by atoms with van der Waals surface area (Å²) < 4.78 is 15.1. The van der Waals surface area contributed by atoms with Crippen molar-refractivity contribution in [2.45, 2.75) is 38.0 Å². The fourth-order valence-corrected chi connectivity index (χ4v) is 2.77. The number of hydrogen-bond acceptors (Lipinski definition) is 3. The van der Waals surface area contributed by atoms with E-state index in [1.807, 2.05) is 32.9 Å². The van der Waals surface area contributed by atoms with Crippen LogP contribution in [0.1, 0.15) is 44.4 Å². The number of hydrogen-bond donors (Lipinski definition) is 1. The van der Waals surface area contributed by atoms with Crippen LogP contribution >= 0.6 is 11.6 Å². The van der Waals surface area contributed by atoms with Crippen LogP contribution in [0, 0.1) is 0 Å². The summed E-state index contributed by atoms with van der Waals surface area (Å²) >= 11 is 4.83. The summed E-state index contributed by atoms with van der Waals surface area (Å²) in [5, 5.41) is 0.470. The molecule has 0 spiro atoms. The van der Waals surface area contributed by atoms with Gasteiger partial charge < -0.3 is 4.55 Å². The summed E-state index contributed by atoms with van der Waals surface area (Å²) in [6.07, 6.45) is 6.66. The SMILES string of the molecule is CC(C)(C)[S@+]([O-])N[C@H]1CC=Cc2cnc(Cl)cc21. The normalized spacial score (nSPS) is 20.6.